The molecule has 0 atom stereocenters. The first-order valence-corrected chi connectivity index (χ1v) is 4.27. The van der Waals surface area contributed by atoms with E-state index in [0.29, 0.717) is 0 Å². The Bertz CT molecular complexity index is 435. The van der Waals surface area contributed by atoms with Crippen LogP contribution in [0.25, 0.3) is 0 Å². The molecule has 0 spiro atoms. The topological polar surface area (TPSA) is 64.3 Å². The van der Waals surface area contributed by atoms with Gasteiger partial charge in [-0.15, -0.1) is 0 Å². The lowest BCUT2D eigenvalue weighted by Crippen LogP contribution is -2.26. The number of fused-ring (bicyclic) bond motifs is 1. The van der Waals surface area contributed by atoms with Gasteiger partial charge in [0, 0.05) is 12.1 Å². The maximum Gasteiger partial charge on any atom is 0.262 e. The van der Waals surface area contributed by atoms with E-state index in [4.69, 9.17) is 10.5 Å². The predicted molar refractivity (Wildman–Crippen MR) is 48.4 cm³/mol. The maximum atomic E-state index is 13.4. The van der Waals surface area contributed by atoms with E-state index in [1.807, 2.05) is 0 Å². The quantitative estimate of drug-likeness (QED) is 0.725. The Morgan fingerprint density at radius 1 is 1.47 bits per heavy atom. The minimum absolute atomic E-state index is 0.00273. The second kappa shape index (κ2) is 3.47. The number of benzene rings is 1. The Labute approximate surface area is 84.0 Å². The van der Waals surface area contributed by atoms with Gasteiger partial charge in [-0.2, -0.15) is 4.39 Å². The monoisotopic (exact) mass is 214 g/mol. The second-order valence-electron chi connectivity index (χ2n) is 3.08. The molecule has 80 valence electrons. The number of rotatable bonds is 1. The molecule has 0 bridgehead atoms. The number of nitrogens with two attached hydrogens (primary N) is 1. The number of hydrogen-bond donors (Lipinski definition) is 2. The highest BCUT2D eigenvalue weighted by Gasteiger charge is 2.24. The van der Waals surface area contributed by atoms with Crippen LogP contribution >= 0.6 is 0 Å². The summed E-state index contributed by atoms with van der Waals surface area (Å²) in [5.41, 5.74) is 5.34. The molecule has 1 aliphatic heterocycles. The first kappa shape index (κ1) is 9.85. The molecule has 15 heavy (non-hydrogen) atoms. The lowest BCUT2D eigenvalue weighted by molar-refractivity contribution is -0.118. The predicted octanol–water partition coefficient (Wildman–Crippen LogP) is 0.754. The van der Waals surface area contributed by atoms with Crippen LogP contribution in [0, 0.1) is 11.6 Å². The number of hydrogen-bond acceptors (Lipinski definition) is 3. The van der Waals surface area contributed by atoms with Crippen LogP contribution in [0.4, 0.5) is 14.5 Å². The van der Waals surface area contributed by atoms with Crippen molar-refractivity contribution in [3.63, 3.8) is 0 Å². The fraction of sp³-hybridized carbons (Fsp3) is 0.222. The third-order valence-electron chi connectivity index (χ3n) is 2.08. The molecule has 0 aliphatic carbocycles. The van der Waals surface area contributed by atoms with Crippen LogP contribution in [-0.2, 0) is 11.3 Å². The molecule has 2 rings (SSSR count). The summed E-state index contributed by atoms with van der Waals surface area (Å²) < 4.78 is 31.4. The fourth-order valence-corrected chi connectivity index (χ4v) is 1.37. The number of halogens is 2. The fourth-order valence-electron chi connectivity index (χ4n) is 1.37. The molecular formula is C9H8F2N2O2. The molecule has 0 unspecified atom stereocenters. The third-order valence-corrected chi connectivity index (χ3v) is 2.08. The Morgan fingerprint density at radius 3 is 2.87 bits per heavy atom. The molecule has 6 heteroatoms. The van der Waals surface area contributed by atoms with E-state index in [9.17, 15) is 13.6 Å². The molecule has 1 aliphatic rings. The normalized spacial score (nSPS) is 14.2. The van der Waals surface area contributed by atoms with E-state index in [1.165, 1.54) is 6.07 Å². The number of ether oxygens (including phenoxy) is 1. The van der Waals surface area contributed by atoms with E-state index in [0.717, 1.165) is 0 Å². The summed E-state index contributed by atoms with van der Waals surface area (Å²) in [5, 5.41) is 2.38. The number of amides is 1. The summed E-state index contributed by atoms with van der Waals surface area (Å²) in [6, 6.07) is 1.27. The van der Waals surface area contributed by atoms with E-state index in [1.54, 1.807) is 0 Å². The maximum absolute atomic E-state index is 13.4. The van der Waals surface area contributed by atoms with Crippen molar-refractivity contribution in [2.24, 2.45) is 5.73 Å². The van der Waals surface area contributed by atoms with Gasteiger partial charge in [-0.25, -0.2) is 4.39 Å². The zero-order valence-corrected chi connectivity index (χ0v) is 7.64. The molecule has 0 fully saturated rings. The molecule has 1 heterocycles. The highest BCUT2D eigenvalue weighted by Crippen LogP contribution is 2.34. The van der Waals surface area contributed by atoms with Gasteiger partial charge in [-0.05, 0) is 6.07 Å². The van der Waals surface area contributed by atoms with Gasteiger partial charge in [-0.3, -0.25) is 4.79 Å². The highest BCUT2D eigenvalue weighted by atomic mass is 19.2. The second-order valence-corrected chi connectivity index (χ2v) is 3.08. The SMILES string of the molecule is NCc1cc2c(c(F)c1F)OCC(=O)N2. The Morgan fingerprint density at radius 2 is 2.20 bits per heavy atom. The summed E-state index contributed by atoms with van der Waals surface area (Å²) in [4.78, 5) is 10.9. The van der Waals surface area contributed by atoms with Crippen molar-refractivity contribution in [2.75, 3.05) is 11.9 Å². The number of carbonyl (C=O) groups is 1. The molecule has 3 N–H and O–H groups in total. The molecule has 0 saturated carbocycles. The van der Waals surface area contributed by atoms with Gasteiger partial charge in [0.1, 0.15) is 0 Å². The molecule has 4 nitrogen and oxygen atoms in total. The van der Waals surface area contributed by atoms with Crippen LogP contribution in [0.5, 0.6) is 5.75 Å². The van der Waals surface area contributed by atoms with Crippen molar-refractivity contribution in [1.29, 1.82) is 0 Å². The van der Waals surface area contributed by atoms with E-state index >= 15 is 0 Å². The number of anilines is 1. The molecule has 0 radical (unpaired) electrons. The van der Waals surface area contributed by atoms with Gasteiger partial charge in [-0.1, -0.05) is 0 Å². The average molecular weight is 214 g/mol. The summed E-state index contributed by atoms with van der Waals surface area (Å²) in [7, 11) is 0. The van der Waals surface area contributed by atoms with Crippen LogP contribution < -0.4 is 15.8 Å². The highest BCUT2D eigenvalue weighted by molar-refractivity contribution is 5.95. The molecule has 1 aromatic carbocycles. The number of carbonyl (C=O) groups excluding carboxylic acids is 1. The van der Waals surface area contributed by atoms with Gasteiger partial charge >= 0.3 is 0 Å². The van der Waals surface area contributed by atoms with Crippen molar-refractivity contribution >= 4 is 11.6 Å². The zero-order chi connectivity index (χ0) is 11.0. The lowest BCUT2D eigenvalue weighted by atomic mass is 10.1. The van der Waals surface area contributed by atoms with Crippen molar-refractivity contribution in [3.8, 4) is 5.75 Å². The smallest absolute Gasteiger partial charge is 0.262 e. The van der Waals surface area contributed by atoms with Crippen molar-refractivity contribution < 1.29 is 18.3 Å². The molecular weight excluding hydrogens is 206 g/mol. The van der Waals surface area contributed by atoms with Gasteiger partial charge in [0.15, 0.2) is 18.2 Å². The van der Waals surface area contributed by atoms with Crippen LogP contribution in [0.3, 0.4) is 0 Å². The van der Waals surface area contributed by atoms with Gasteiger partial charge in [0.05, 0.1) is 5.69 Å². The van der Waals surface area contributed by atoms with Crippen LogP contribution in [0.2, 0.25) is 0 Å². The summed E-state index contributed by atoms with van der Waals surface area (Å²) in [6.45, 7) is -0.461. The van der Waals surface area contributed by atoms with Gasteiger partial charge in [0.25, 0.3) is 5.91 Å². The van der Waals surface area contributed by atoms with E-state index in [-0.39, 0.29) is 30.2 Å². The standard InChI is InChI=1S/C9H8F2N2O2/c10-7-4(2-12)1-5-9(8(7)11)15-3-6(14)13-5/h1H,2-3,12H2,(H,13,14). The van der Waals surface area contributed by atoms with E-state index < -0.39 is 17.5 Å². The Kier molecular flexibility index (Phi) is 2.28. The minimum Gasteiger partial charge on any atom is -0.478 e. The largest absolute Gasteiger partial charge is 0.478 e. The van der Waals surface area contributed by atoms with Crippen molar-refractivity contribution in [3.05, 3.63) is 23.3 Å². The van der Waals surface area contributed by atoms with Gasteiger partial charge < -0.3 is 15.8 Å². The Balaban J connectivity index is 2.57. The van der Waals surface area contributed by atoms with Crippen LogP contribution in [0.15, 0.2) is 6.07 Å². The summed E-state index contributed by atoms with van der Waals surface area (Å²) in [5.74, 6) is -2.83. The zero-order valence-electron chi connectivity index (χ0n) is 7.64. The third kappa shape index (κ3) is 1.52. The van der Waals surface area contributed by atoms with Crippen LogP contribution in [0.1, 0.15) is 5.56 Å². The number of nitrogens with one attached hydrogen (secondary N) is 1. The minimum atomic E-state index is -1.12. The Hall–Kier alpha value is -1.69. The van der Waals surface area contributed by atoms with Crippen molar-refractivity contribution in [2.45, 2.75) is 6.54 Å². The summed E-state index contributed by atoms with van der Waals surface area (Å²) >= 11 is 0. The molecule has 0 aromatic heterocycles. The molecule has 1 aromatic rings. The first-order valence-electron chi connectivity index (χ1n) is 4.27. The molecule has 0 saturated heterocycles. The lowest BCUT2D eigenvalue weighted by Gasteiger charge is -2.19. The van der Waals surface area contributed by atoms with Crippen molar-refractivity contribution in [1.82, 2.24) is 0 Å². The van der Waals surface area contributed by atoms with Crippen LogP contribution in [-0.4, -0.2) is 12.5 Å². The first-order chi connectivity index (χ1) is 7.13. The van der Waals surface area contributed by atoms with E-state index in [2.05, 4.69) is 5.32 Å². The van der Waals surface area contributed by atoms with Gasteiger partial charge in [0.2, 0.25) is 5.82 Å². The summed E-state index contributed by atoms with van der Waals surface area (Å²) in [6.07, 6.45) is 0. The molecule has 1 amide bonds. The average Bonchev–Trinajstić information content (AvgIpc) is 2.23.